The molecule has 1 N–H and O–H groups in total. The molecule has 3 atom stereocenters. The molecule has 3 nitrogen and oxygen atoms in total. The summed E-state index contributed by atoms with van der Waals surface area (Å²) in [7, 11) is 2.19. The molecule has 0 aromatic heterocycles. The molecule has 1 unspecified atom stereocenters. The van der Waals surface area contributed by atoms with Crippen molar-refractivity contribution in [1.29, 1.82) is 0 Å². The Morgan fingerprint density at radius 1 is 1.33 bits per heavy atom. The number of rotatable bonds is 1. The van der Waals surface area contributed by atoms with Crippen molar-refractivity contribution in [3.8, 4) is 0 Å². The fourth-order valence-electron chi connectivity index (χ4n) is 2.74. The summed E-state index contributed by atoms with van der Waals surface area (Å²) in [6, 6.07) is 1.44. The van der Waals surface area contributed by atoms with Gasteiger partial charge in [0.25, 0.3) is 0 Å². The first kappa shape index (κ1) is 8.05. The molecule has 2 rings (SSSR count). The molecular formula is C9H16N2O. The maximum absolute atomic E-state index is 8.48. The normalized spacial score (nSPS) is 42.6. The van der Waals surface area contributed by atoms with Crippen LogP contribution in [0, 0.1) is 5.92 Å². The van der Waals surface area contributed by atoms with Crippen LogP contribution in [0.15, 0.2) is 5.16 Å². The summed E-state index contributed by atoms with van der Waals surface area (Å²) in [6.07, 6.45) is 6.78. The second-order valence-electron chi connectivity index (χ2n) is 3.97. The lowest BCUT2D eigenvalue weighted by molar-refractivity contribution is 0.152. The van der Waals surface area contributed by atoms with Crippen LogP contribution in [0.2, 0.25) is 0 Å². The third kappa shape index (κ3) is 1.12. The highest BCUT2D eigenvalue weighted by Crippen LogP contribution is 2.36. The van der Waals surface area contributed by atoms with Gasteiger partial charge in [-0.3, -0.25) is 4.90 Å². The van der Waals surface area contributed by atoms with E-state index in [0.29, 0.717) is 12.0 Å². The summed E-state index contributed by atoms with van der Waals surface area (Å²) in [6.45, 7) is 0. The zero-order valence-corrected chi connectivity index (χ0v) is 7.48. The SMILES string of the molecule is CN1[C@@H]2CCC(/C=N\O)[C@H]1CC2. The fraction of sp³-hybridized carbons (Fsp3) is 0.889. The number of nitrogens with zero attached hydrogens (tertiary/aromatic N) is 2. The third-order valence-electron chi connectivity index (χ3n) is 3.48. The van der Waals surface area contributed by atoms with E-state index in [1.165, 1.54) is 25.7 Å². The Morgan fingerprint density at radius 2 is 2.08 bits per heavy atom. The van der Waals surface area contributed by atoms with Crippen molar-refractivity contribution >= 4 is 6.21 Å². The maximum atomic E-state index is 8.48. The van der Waals surface area contributed by atoms with E-state index >= 15 is 0 Å². The molecule has 2 bridgehead atoms. The number of oxime groups is 1. The Labute approximate surface area is 73.1 Å². The Balaban J connectivity index is 2.09. The lowest BCUT2D eigenvalue weighted by atomic mass is 9.92. The first-order valence-electron chi connectivity index (χ1n) is 4.72. The van der Waals surface area contributed by atoms with E-state index in [-0.39, 0.29) is 0 Å². The van der Waals surface area contributed by atoms with Gasteiger partial charge in [-0.05, 0) is 32.7 Å². The minimum atomic E-state index is 0.485. The van der Waals surface area contributed by atoms with E-state index in [4.69, 9.17) is 5.21 Å². The van der Waals surface area contributed by atoms with Crippen molar-refractivity contribution in [3.63, 3.8) is 0 Å². The van der Waals surface area contributed by atoms with Crippen LogP contribution < -0.4 is 0 Å². The highest BCUT2D eigenvalue weighted by atomic mass is 16.4. The minimum absolute atomic E-state index is 0.485. The van der Waals surface area contributed by atoms with Gasteiger partial charge >= 0.3 is 0 Å². The minimum Gasteiger partial charge on any atom is -0.411 e. The molecular weight excluding hydrogens is 152 g/mol. The molecule has 0 aromatic rings. The molecule has 0 aromatic carbocycles. The van der Waals surface area contributed by atoms with Crippen molar-refractivity contribution in [2.24, 2.45) is 11.1 Å². The molecule has 0 saturated carbocycles. The zero-order valence-electron chi connectivity index (χ0n) is 7.48. The average Bonchev–Trinajstić information content (AvgIpc) is 2.33. The number of hydrogen-bond donors (Lipinski definition) is 1. The molecule has 2 fully saturated rings. The van der Waals surface area contributed by atoms with Crippen LogP contribution in [0.4, 0.5) is 0 Å². The van der Waals surface area contributed by atoms with Gasteiger partial charge in [-0.1, -0.05) is 0 Å². The summed E-state index contributed by atoms with van der Waals surface area (Å²) < 4.78 is 0. The quantitative estimate of drug-likeness (QED) is 0.364. The molecule has 3 heteroatoms. The maximum Gasteiger partial charge on any atom is 0.0482 e. The molecule has 0 radical (unpaired) electrons. The molecule has 12 heavy (non-hydrogen) atoms. The summed E-state index contributed by atoms with van der Waals surface area (Å²) >= 11 is 0. The Kier molecular flexibility index (Phi) is 2.05. The van der Waals surface area contributed by atoms with Crippen LogP contribution >= 0.6 is 0 Å². The van der Waals surface area contributed by atoms with Crippen molar-refractivity contribution in [2.75, 3.05) is 7.05 Å². The van der Waals surface area contributed by atoms with Gasteiger partial charge in [0.15, 0.2) is 0 Å². The Bertz CT molecular complexity index is 193. The number of piperidine rings is 1. The first-order valence-corrected chi connectivity index (χ1v) is 4.72. The van der Waals surface area contributed by atoms with E-state index in [1.807, 2.05) is 0 Å². The Morgan fingerprint density at radius 3 is 2.83 bits per heavy atom. The summed E-state index contributed by atoms with van der Waals surface area (Å²) in [5.41, 5.74) is 0. The summed E-state index contributed by atoms with van der Waals surface area (Å²) in [4.78, 5) is 2.45. The van der Waals surface area contributed by atoms with Crippen LogP contribution in [-0.2, 0) is 0 Å². The summed E-state index contributed by atoms with van der Waals surface area (Å²) in [5, 5.41) is 11.6. The molecule has 2 aliphatic rings. The monoisotopic (exact) mass is 168 g/mol. The van der Waals surface area contributed by atoms with Crippen LogP contribution in [-0.4, -0.2) is 35.5 Å². The average molecular weight is 168 g/mol. The van der Waals surface area contributed by atoms with E-state index in [9.17, 15) is 0 Å². The van der Waals surface area contributed by atoms with Crippen LogP contribution in [0.3, 0.4) is 0 Å². The van der Waals surface area contributed by atoms with Crippen molar-refractivity contribution in [2.45, 2.75) is 37.8 Å². The first-order chi connectivity index (χ1) is 5.83. The van der Waals surface area contributed by atoms with Gasteiger partial charge in [0.1, 0.15) is 0 Å². The van der Waals surface area contributed by atoms with Gasteiger partial charge in [-0.15, -0.1) is 5.16 Å². The van der Waals surface area contributed by atoms with Crippen molar-refractivity contribution in [3.05, 3.63) is 0 Å². The lowest BCUT2D eigenvalue weighted by Gasteiger charge is -2.35. The van der Waals surface area contributed by atoms with Gasteiger partial charge in [-0.2, -0.15) is 0 Å². The van der Waals surface area contributed by atoms with Crippen molar-refractivity contribution < 1.29 is 5.21 Å². The predicted molar refractivity (Wildman–Crippen MR) is 47.6 cm³/mol. The standard InChI is InChI=1S/C9H16N2O/c1-11-8-3-2-7(6-10-12)9(11)5-4-8/h6-9,12H,2-5H2,1H3/b10-6-/t7?,8-,9-/m1/s1. The lowest BCUT2D eigenvalue weighted by Crippen LogP contribution is -2.42. The smallest absolute Gasteiger partial charge is 0.0482 e. The molecule has 68 valence electrons. The van der Waals surface area contributed by atoms with E-state index < -0.39 is 0 Å². The molecule has 2 saturated heterocycles. The molecule has 0 amide bonds. The Hall–Kier alpha value is -0.570. The van der Waals surface area contributed by atoms with E-state index in [1.54, 1.807) is 6.21 Å². The fourth-order valence-corrected chi connectivity index (χ4v) is 2.74. The van der Waals surface area contributed by atoms with Gasteiger partial charge < -0.3 is 5.21 Å². The van der Waals surface area contributed by atoms with Crippen molar-refractivity contribution in [1.82, 2.24) is 4.90 Å². The van der Waals surface area contributed by atoms with Crippen LogP contribution in [0.25, 0.3) is 0 Å². The van der Waals surface area contributed by atoms with Gasteiger partial charge in [0.2, 0.25) is 0 Å². The van der Waals surface area contributed by atoms with E-state index in [0.717, 1.165) is 6.04 Å². The van der Waals surface area contributed by atoms with Gasteiger partial charge in [-0.25, -0.2) is 0 Å². The molecule has 2 heterocycles. The van der Waals surface area contributed by atoms with Gasteiger partial charge in [0, 0.05) is 24.2 Å². The van der Waals surface area contributed by atoms with Crippen LogP contribution in [0.5, 0.6) is 0 Å². The zero-order chi connectivity index (χ0) is 8.55. The summed E-state index contributed by atoms with van der Waals surface area (Å²) in [5.74, 6) is 0.485. The van der Waals surface area contributed by atoms with Crippen LogP contribution in [0.1, 0.15) is 25.7 Å². The largest absolute Gasteiger partial charge is 0.411 e. The topological polar surface area (TPSA) is 35.8 Å². The third-order valence-corrected chi connectivity index (χ3v) is 3.48. The van der Waals surface area contributed by atoms with Gasteiger partial charge in [0.05, 0.1) is 0 Å². The highest BCUT2D eigenvalue weighted by molar-refractivity contribution is 5.61. The highest BCUT2D eigenvalue weighted by Gasteiger charge is 2.39. The number of hydrogen-bond acceptors (Lipinski definition) is 3. The second-order valence-corrected chi connectivity index (χ2v) is 3.97. The molecule has 0 spiro atoms. The second kappa shape index (κ2) is 3.05. The molecule has 2 aliphatic heterocycles. The predicted octanol–water partition coefficient (Wildman–Crippen LogP) is 1.32. The van der Waals surface area contributed by atoms with E-state index in [2.05, 4.69) is 17.1 Å². The molecule has 0 aliphatic carbocycles. The number of fused-ring (bicyclic) bond motifs is 2.